The van der Waals surface area contributed by atoms with Gasteiger partial charge in [-0.1, -0.05) is 11.6 Å². The molecule has 31 heavy (non-hydrogen) atoms. The van der Waals surface area contributed by atoms with E-state index in [1.54, 1.807) is 36.9 Å². The van der Waals surface area contributed by atoms with Crippen LogP contribution in [-0.4, -0.2) is 29.7 Å². The molecule has 0 saturated heterocycles. The van der Waals surface area contributed by atoms with E-state index in [4.69, 9.17) is 16.3 Å². The zero-order valence-corrected chi connectivity index (χ0v) is 17.7. The van der Waals surface area contributed by atoms with Crippen molar-refractivity contribution in [3.05, 3.63) is 69.8 Å². The van der Waals surface area contributed by atoms with Crippen LogP contribution in [0.5, 0.6) is 5.88 Å². The van der Waals surface area contributed by atoms with Crippen LogP contribution in [0.15, 0.2) is 36.4 Å². The van der Waals surface area contributed by atoms with E-state index in [0.717, 1.165) is 0 Å². The number of rotatable bonds is 3. The molecule has 0 bridgehead atoms. The monoisotopic (exact) mass is 437 g/mol. The highest BCUT2D eigenvalue weighted by Crippen LogP contribution is 2.38. The number of nitrogens with zero attached hydrogens (tertiary/aromatic N) is 5. The summed E-state index contributed by atoms with van der Waals surface area (Å²) in [7, 11) is 1.52. The Hall–Kier alpha value is -3.70. The standard InChI is InChI=1S/C22H17ClFN5O2/c1-12-8-14(24)4-5-18(12)28-11-29(19-6-7-20(31-3)26-13(19)2)22(30)15-9-16(23)17(10-25)27-21(15)28/h4-9H,11H2,1-3H3. The zero-order valence-electron chi connectivity index (χ0n) is 17.0. The van der Waals surface area contributed by atoms with E-state index in [9.17, 15) is 14.4 Å². The van der Waals surface area contributed by atoms with E-state index in [0.29, 0.717) is 28.5 Å². The van der Waals surface area contributed by atoms with Crippen LogP contribution in [0.4, 0.5) is 21.6 Å². The maximum atomic E-state index is 13.7. The molecule has 0 aliphatic carbocycles. The van der Waals surface area contributed by atoms with Crippen molar-refractivity contribution in [1.29, 1.82) is 5.26 Å². The number of fused-ring (bicyclic) bond motifs is 1. The number of halogens is 2. The van der Waals surface area contributed by atoms with Crippen LogP contribution in [0, 0.1) is 31.0 Å². The van der Waals surface area contributed by atoms with Crippen molar-refractivity contribution in [3.8, 4) is 11.9 Å². The van der Waals surface area contributed by atoms with Crippen LogP contribution in [0.3, 0.4) is 0 Å². The predicted octanol–water partition coefficient (Wildman–Crippen LogP) is 4.52. The Morgan fingerprint density at radius 2 is 1.87 bits per heavy atom. The molecule has 156 valence electrons. The number of carbonyl (C=O) groups excluding carboxylic acids is 1. The summed E-state index contributed by atoms with van der Waals surface area (Å²) in [4.78, 5) is 25.4. The van der Waals surface area contributed by atoms with Gasteiger partial charge in [0.2, 0.25) is 5.88 Å². The smallest absolute Gasteiger partial charge is 0.263 e. The van der Waals surface area contributed by atoms with Crippen molar-refractivity contribution in [1.82, 2.24) is 9.97 Å². The third-order valence-corrected chi connectivity index (χ3v) is 5.35. The van der Waals surface area contributed by atoms with Gasteiger partial charge in [-0.15, -0.1) is 0 Å². The molecule has 0 fully saturated rings. The van der Waals surface area contributed by atoms with E-state index in [2.05, 4.69) is 9.97 Å². The van der Waals surface area contributed by atoms with Gasteiger partial charge in [0.25, 0.3) is 5.91 Å². The minimum absolute atomic E-state index is 0.00808. The van der Waals surface area contributed by atoms with Crippen LogP contribution in [0.1, 0.15) is 27.3 Å². The molecule has 3 aromatic rings. The topological polar surface area (TPSA) is 82.4 Å². The van der Waals surface area contributed by atoms with Crippen molar-refractivity contribution >= 4 is 34.7 Å². The molecule has 4 rings (SSSR count). The fourth-order valence-electron chi connectivity index (χ4n) is 3.57. The van der Waals surface area contributed by atoms with E-state index >= 15 is 0 Å². The third kappa shape index (κ3) is 3.53. The molecule has 0 saturated carbocycles. The van der Waals surface area contributed by atoms with Gasteiger partial charge in [-0.2, -0.15) is 5.26 Å². The summed E-state index contributed by atoms with van der Waals surface area (Å²) in [5.41, 5.74) is 2.72. The maximum Gasteiger partial charge on any atom is 0.263 e. The summed E-state index contributed by atoms with van der Waals surface area (Å²) < 4.78 is 18.9. The minimum Gasteiger partial charge on any atom is -0.481 e. The number of nitriles is 1. The first-order chi connectivity index (χ1) is 14.8. The lowest BCUT2D eigenvalue weighted by atomic mass is 10.1. The molecule has 0 unspecified atom stereocenters. The largest absolute Gasteiger partial charge is 0.481 e. The minimum atomic E-state index is -0.372. The average molecular weight is 438 g/mol. The van der Waals surface area contributed by atoms with Crippen LogP contribution >= 0.6 is 11.6 Å². The number of hydrogen-bond acceptors (Lipinski definition) is 6. The zero-order chi connectivity index (χ0) is 22.3. The normalized spacial score (nSPS) is 13.1. The molecule has 0 N–H and O–H groups in total. The predicted molar refractivity (Wildman–Crippen MR) is 114 cm³/mol. The molecule has 1 aliphatic heterocycles. The van der Waals surface area contributed by atoms with E-state index in [1.165, 1.54) is 30.2 Å². The van der Waals surface area contributed by atoms with Crippen LogP contribution in [0.2, 0.25) is 5.02 Å². The fourth-order valence-corrected chi connectivity index (χ4v) is 3.76. The summed E-state index contributed by atoms with van der Waals surface area (Å²) in [5.74, 6) is 0.0140. The van der Waals surface area contributed by atoms with Crippen LogP contribution in [-0.2, 0) is 0 Å². The number of hydrogen-bond donors (Lipinski definition) is 0. The van der Waals surface area contributed by atoms with Gasteiger partial charge in [-0.25, -0.2) is 14.4 Å². The van der Waals surface area contributed by atoms with E-state index < -0.39 is 0 Å². The Balaban J connectivity index is 1.92. The molecule has 1 aromatic carbocycles. The number of anilines is 3. The van der Waals surface area contributed by atoms with Gasteiger partial charge in [-0.3, -0.25) is 9.69 Å². The first-order valence-electron chi connectivity index (χ1n) is 9.32. The van der Waals surface area contributed by atoms with Crippen molar-refractivity contribution in [3.63, 3.8) is 0 Å². The second-order valence-electron chi connectivity index (χ2n) is 6.99. The first-order valence-corrected chi connectivity index (χ1v) is 9.69. The summed E-state index contributed by atoms with van der Waals surface area (Å²) >= 11 is 6.18. The highest BCUT2D eigenvalue weighted by molar-refractivity contribution is 6.32. The SMILES string of the molecule is COc1ccc(N2CN(c3ccc(F)cc3C)c3nc(C#N)c(Cl)cc3C2=O)c(C)n1. The van der Waals surface area contributed by atoms with E-state index in [1.807, 2.05) is 6.07 Å². The molecular weight excluding hydrogens is 421 g/mol. The Morgan fingerprint density at radius 1 is 1.13 bits per heavy atom. The molecule has 1 amide bonds. The molecule has 0 spiro atoms. The fraction of sp³-hybridized carbons (Fsp3) is 0.182. The highest BCUT2D eigenvalue weighted by atomic mass is 35.5. The molecule has 2 aromatic heterocycles. The second-order valence-corrected chi connectivity index (χ2v) is 7.40. The van der Waals surface area contributed by atoms with Gasteiger partial charge < -0.3 is 9.64 Å². The Bertz CT molecular complexity index is 1260. The second kappa shape index (κ2) is 7.85. The Morgan fingerprint density at radius 3 is 2.52 bits per heavy atom. The number of methoxy groups -OCH3 is 1. The maximum absolute atomic E-state index is 13.7. The first kappa shape index (κ1) is 20.6. The van der Waals surface area contributed by atoms with Gasteiger partial charge in [0.1, 0.15) is 24.4 Å². The van der Waals surface area contributed by atoms with Crippen molar-refractivity contribution in [2.75, 3.05) is 23.6 Å². The molecule has 0 atom stereocenters. The average Bonchev–Trinajstić information content (AvgIpc) is 2.75. The Kier molecular flexibility index (Phi) is 5.21. The van der Waals surface area contributed by atoms with Gasteiger partial charge >= 0.3 is 0 Å². The number of carbonyl (C=O) groups is 1. The molecule has 0 radical (unpaired) electrons. The number of benzene rings is 1. The molecular formula is C22H17ClFN5O2. The van der Waals surface area contributed by atoms with Gasteiger partial charge in [0.05, 0.1) is 29.1 Å². The quantitative estimate of drug-likeness (QED) is 0.599. The number of aromatic nitrogens is 2. The highest BCUT2D eigenvalue weighted by Gasteiger charge is 2.35. The van der Waals surface area contributed by atoms with Crippen LogP contribution < -0.4 is 14.5 Å². The van der Waals surface area contributed by atoms with Crippen molar-refractivity contribution < 1.29 is 13.9 Å². The molecule has 7 nitrogen and oxygen atoms in total. The van der Waals surface area contributed by atoms with Gasteiger partial charge in [-0.05, 0) is 49.7 Å². The summed E-state index contributed by atoms with van der Waals surface area (Å²) in [5, 5.41) is 9.45. The number of amides is 1. The third-order valence-electron chi connectivity index (χ3n) is 5.06. The van der Waals surface area contributed by atoms with Crippen molar-refractivity contribution in [2.45, 2.75) is 13.8 Å². The van der Waals surface area contributed by atoms with Gasteiger partial charge in [0.15, 0.2) is 5.69 Å². The molecule has 1 aliphatic rings. The summed E-state index contributed by atoms with van der Waals surface area (Å²) in [6.07, 6.45) is 0. The Labute approximate surface area is 183 Å². The van der Waals surface area contributed by atoms with Crippen molar-refractivity contribution in [2.24, 2.45) is 0 Å². The number of ether oxygens (including phenoxy) is 1. The molecule has 3 heterocycles. The lowest BCUT2D eigenvalue weighted by Gasteiger charge is -2.38. The number of aryl methyl sites for hydroxylation is 2. The summed E-state index contributed by atoms with van der Waals surface area (Å²) in [6, 6.07) is 11.2. The lowest BCUT2D eigenvalue weighted by Crippen LogP contribution is -2.46. The number of pyridine rings is 2. The summed E-state index contributed by atoms with van der Waals surface area (Å²) in [6.45, 7) is 3.63. The molecule has 9 heteroatoms. The van der Waals surface area contributed by atoms with Crippen LogP contribution in [0.25, 0.3) is 0 Å². The lowest BCUT2D eigenvalue weighted by molar-refractivity contribution is 0.0982. The van der Waals surface area contributed by atoms with E-state index in [-0.39, 0.29) is 40.5 Å². The van der Waals surface area contributed by atoms with Gasteiger partial charge in [0, 0.05) is 11.8 Å².